The Kier molecular flexibility index (Phi) is 7.37. The van der Waals surface area contributed by atoms with E-state index in [1.807, 2.05) is 0 Å². The average Bonchev–Trinajstić information content (AvgIpc) is 3.13. The molecule has 0 aromatic carbocycles. The van der Waals surface area contributed by atoms with Crippen LogP contribution in [0.15, 0.2) is 11.6 Å². The molecular weight excluding hydrogens is 410 g/mol. The lowest BCUT2D eigenvalue weighted by molar-refractivity contribution is -0.179. The molecule has 0 bridgehead atoms. The van der Waals surface area contributed by atoms with Crippen LogP contribution in [0.3, 0.4) is 0 Å². The standard InChI is InChI=1S/C29H49NO3/c1-19(2)18-30(33-6)27(32)12-7-20(3)24-10-11-25-23-9-8-21-17-22(31)13-15-28(21,4)26(23)14-16-29(24,25)5/h8,19-20,22-26,31H,7,9-18H2,1-6H3/t20-,22+,23+,24-,25+,26+,28+,29-/m1/s1. The van der Waals surface area contributed by atoms with Crippen LogP contribution in [-0.2, 0) is 9.63 Å². The fourth-order valence-electron chi connectivity index (χ4n) is 8.90. The van der Waals surface area contributed by atoms with Gasteiger partial charge in [0.1, 0.15) is 0 Å². The van der Waals surface area contributed by atoms with E-state index in [9.17, 15) is 9.90 Å². The van der Waals surface area contributed by atoms with Gasteiger partial charge in [0, 0.05) is 6.42 Å². The SMILES string of the molecule is CON(CC(C)C)C(=O)CC[C@@H](C)[C@H]1CC[C@H]2[C@@H]3CC=C4C[C@@H](O)CC[C@]4(C)[C@H]3CC[C@]12C. The van der Waals surface area contributed by atoms with E-state index in [4.69, 9.17) is 4.84 Å². The van der Waals surface area contributed by atoms with Crippen LogP contribution < -0.4 is 0 Å². The molecule has 8 atom stereocenters. The molecule has 4 nitrogen and oxygen atoms in total. The van der Waals surface area contributed by atoms with Gasteiger partial charge < -0.3 is 5.11 Å². The summed E-state index contributed by atoms with van der Waals surface area (Å²) in [5.74, 6) is 4.27. The Morgan fingerprint density at radius 1 is 1.15 bits per heavy atom. The predicted molar refractivity (Wildman–Crippen MR) is 133 cm³/mol. The molecule has 0 saturated heterocycles. The molecule has 0 radical (unpaired) electrons. The summed E-state index contributed by atoms with van der Waals surface area (Å²) in [6.45, 7) is 12.4. The zero-order chi connectivity index (χ0) is 24.0. The number of hydrogen-bond acceptors (Lipinski definition) is 3. The van der Waals surface area contributed by atoms with Crippen molar-refractivity contribution in [3.63, 3.8) is 0 Å². The third kappa shape index (κ3) is 4.56. The third-order valence-electron chi connectivity index (χ3n) is 10.7. The van der Waals surface area contributed by atoms with E-state index >= 15 is 0 Å². The Hall–Kier alpha value is -0.870. The molecule has 1 N–H and O–H groups in total. The molecule has 4 aliphatic carbocycles. The van der Waals surface area contributed by atoms with Crippen LogP contribution >= 0.6 is 0 Å². The van der Waals surface area contributed by atoms with Gasteiger partial charge in [-0.3, -0.25) is 9.63 Å². The molecule has 1 amide bonds. The number of carbonyl (C=O) groups excluding carboxylic acids is 1. The molecule has 188 valence electrons. The fraction of sp³-hybridized carbons (Fsp3) is 0.897. The van der Waals surface area contributed by atoms with E-state index < -0.39 is 0 Å². The van der Waals surface area contributed by atoms with Crippen LogP contribution in [0.5, 0.6) is 0 Å². The highest BCUT2D eigenvalue weighted by Gasteiger charge is 2.59. The number of hydroxylamine groups is 2. The maximum absolute atomic E-state index is 12.7. The zero-order valence-electron chi connectivity index (χ0n) is 22.1. The lowest BCUT2D eigenvalue weighted by Gasteiger charge is -2.58. The Labute approximate surface area is 202 Å². The molecule has 4 aliphatic rings. The summed E-state index contributed by atoms with van der Waals surface area (Å²) in [7, 11) is 1.61. The molecule has 0 aromatic rings. The van der Waals surface area contributed by atoms with Gasteiger partial charge in [-0.05, 0) is 104 Å². The Morgan fingerprint density at radius 3 is 2.61 bits per heavy atom. The molecule has 0 aromatic heterocycles. The third-order valence-corrected chi connectivity index (χ3v) is 10.7. The van der Waals surface area contributed by atoms with Crippen molar-refractivity contribution >= 4 is 5.91 Å². The molecule has 3 fully saturated rings. The van der Waals surface area contributed by atoms with Gasteiger partial charge in [-0.15, -0.1) is 0 Å². The largest absolute Gasteiger partial charge is 0.393 e. The fourth-order valence-corrected chi connectivity index (χ4v) is 8.90. The summed E-state index contributed by atoms with van der Waals surface area (Å²) >= 11 is 0. The number of allylic oxidation sites excluding steroid dienone is 1. The van der Waals surface area contributed by atoms with Crippen molar-refractivity contribution < 1.29 is 14.7 Å². The van der Waals surface area contributed by atoms with Crippen molar-refractivity contribution in [2.75, 3.05) is 13.7 Å². The smallest absolute Gasteiger partial charge is 0.246 e. The number of rotatable bonds is 7. The summed E-state index contributed by atoms with van der Waals surface area (Å²) in [5, 5.41) is 11.8. The maximum atomic E-state index is 12.7. The predicted octanol–water partition coefficient (Wildman–Crippen LogP) is 6.39. The van der Waals surface area contributed by atoms with Crippen molar-refractivity contribution in [3.8, 4) is 0 Å². The average molecular weight is 460 g/mol. The van der Waals surface area contributed by atoms with Gasteiger partial charge in [-0.25, -0.2) is 5.06 Å². The summed E-state index contributed by atoms with van der Waals surface area (Å²) in [5.41, 5.74) is 2.30. The lowest BCUT2D eigenvalue weighted by atomic mass is 9.47. The van der Waals surface area contributed by atoms with E-state index in [0.29, 0.717) is 35.6 Å². The van der Waals surface area contributed by atoms with Crippen LogP contribution in [0.4, 0.5) is 0 Å². The van der Waals surface area contributed by atoms with Gasteiger partial charge >= 0.3 is 0 Å². The Bertz CT molecular complexity index is 747. The van der Waals surface area contributed by atoms with Crippen molar-refractivity contribution in [1.29, 1.82) is 0 Å². The minimum absolute atomic E-state index is 0.122. The van der Waals surface area contributed by atoms with Gasteiger partial charge in [-0.1, -0.05) is 46.3 Å². The van der Waals surface area contributed by atoms with Gasteiger partial charge in [0.15, 0.2) is 0 Å². The number of carbonyl (C=O) groups is 1. The molecule has 0 spiro atoms. The quantitative estimate of drug-likeness (QED) is 0.354. The Morgan fingerprint density at radius 2 is 1.91 bits per heavy atom. The summed E-state index contributed by atoms with van der Waals surface area (Å²) in [6.07, 6.45) is 13.6. The molecule has 4 heteroatoms. The molecule has 3 saturated carbocycles. The van der Waals surface area contributed by atoms with E-state index in [2.05, 4.69) is 40.7 Å². The second-order valence-corrected chi connectivity index (χ2v) is 12.9. The number of aliphatic hydroxyl groups excluding tert-OH is 1. The van der Waals surface area contributed by atoms with Crippen molar-refractivity contribution in [1.82, 2.24) is 5.06 Å². The van der Waals surface area contributed by atoms with Gasteiger partial charge in [-0.2, -0.15) is 0 Å². The molecular formula is C29H49NO3. The number of amides is 1. The second-order valence-electron chi connectivity index (χ2n) is 12.9. The second kappa shape index (κ2) is 9.64. The van der Waals surface area contributed by atoms with Crippen molar-refractivity contribution in [2.24, 2.45) is 46.3 Å². The van der Waals surface area contributed by atoms with Crippen molar-refractivity contribution in [2.45, 2.75) is 105 Å². The first-order valence-electron chi connectivity index (χ1n) is 13.8. The highest BCUT2D eigenvalue weighted by molar-refractivity contribution is 5.75. The maximum Gasteiger partial charge on any atom is 0.246 e. The molecule has 0 unspecified atom stereocenters. The summed E-state index contributed by atoms with van der Waals surface area (Å²) < 4.78 is 0. The first kappa shape index (κ1) is 25.2. The zero-order valence-corrected chi connectivity index (χ0v) is 22.1. The summed E-state index contributed by atoms with van der Waals surface area (Å²) in [6, 6.07) is 0. The normalized spacial score (nSPS) is 41.1. The van der Waals surface area contributed by atoms with Crippen LogP contribution in [-0.4, -0.2) is 35.8 Å². The molecule has 0 heterocycles. The first-order valence-corrected chi connectivity index (χ1v) is 13.8. The molecule has 33 heavy (non-hydrogen) atoms. The number of fused-ring (bicyclic) bond motifs is 5. The lowest BCUT2D eigenvalue weighted by Crippen LogP contribution is -2.50. The van der Waals surface area contributed by atoms with Crippen LogP contribution in [0.25, 0.3) is 0 Å². The monoisotopic (exact) mass is 459 g/mol. The van der Waals surface area contributed by atoms with E-state index in [1.54, 1.807) is 17.7 Å². The first-order chi connectivity index (χ1) is 15.6. The van der Waals surface area contributed by atoms with E-state index in [-0.39, 0.29) is 12.0 Å². The highest BCUT2D eigenvalue weighted by atomic mass is 16.7. The number of hydrogen-bond donors (Lipinski definition) is 1. The van der Waals surface area contributed by atoms with E-state index in [1.165, 1.54) is 38.5 Å². The minimum atomic E-state index is -0.122. The molecule has 4 rings (SSSR count). The van der Waals surface area contributed by atoms with Crippen LogP contribution in [0.1, 0.15) is 98.8 Å². The van der Waals surface area contributed by atoms with Gasteiger partial charge in [0.2, 0.25) is 5.91 Å². The number of nitrogens with zero attached hydrogens (tertiary/aromatic N) is 1. The van der Waals surface area contributed by atoms with Crippen LogP contribution in [0.2, 0.25) is 0 Å². The topological polar surface area (TPSA) is 49.8 Å². The van der Waals surface area contributed by atoms with Gasteiger partial charge in [0.25, 0.3) is 0 Å². The van der Waals surface area contributed by atoms with E-state index in [0.717, 1.165) is 42.9 Å². The van der Waals surface area contributed by atoms with Gasteiger partial charge in [0.05, 0.1) is 19.8 Å². The molecule has 0 aliphatic heterocycles. The number of aliphatic hydroxyl groups is 1. The van der Waals surface area contributed by atoms with Crippen molar-refractivity contribution in [3.05, 3.63) is 11.6 Å². The minimum Gasteiger partial charge on any atom is -0.393 e. The summed E-state index contributed by atoms with van der Waals surface area (Å²) in [4.78, 5) is 18.1. The Balaban J connectivity index is 1.42. The highest BCUT2D eigenvalue weighted by Crippen LogP contribution is 2.67. The van der Waals surface area contributed by atoms with Crippen LogP contribution in [0, 0.1) is 46.3 Å².